The molecule has 0 fully saturated rings. The van der Waals surface area contributed by atoms with Gasteiger partial charge in [0.1, 0.15) is 0 Å². The predicted octanol–water partition coefficient (Wildman–Crippen LogP) is 2.23. The maximum atomic E-state index is 12.1. The number of hydrogen-bond acceptors (Lipinski definition) is 4. The topological polar surface area (TPSA) is 90.1 Å². The summed E-state index contributed by atoms with van der Waals surface area (Å²) in [7, 11) is 0. The van der Waals surface area contributed by atoms with E-state index in [0.717, 1.165) is 12.0 Å². The van der Waals surface area contributed by atoms with Gasteiger partial charge in [0.25, 0.3) is 11.6 Å². The summed E-state index contributed by atoms with van der Waals surface area (Å²) in [4.78, 5) is 22.5. The SMILES string of the molecule is Cc1cnn(CCCNC(=O)c2cccc([N+](=O)[O-])c2C)c1. The highest BCUT2D eigenvalue weighted by Gasteiger charge is 2.17. The number of amides is 1. The molecule has 0 aliphatic heterocycles. The summed E-state index contributed by atoms with van der Waals surface area (Å²) in [5, 5.41) is 17.8. The van der Waals surface area contributed by atoms with Crippen molar-refractivity contribution in [3.05, 3.63) is 57.4 Å². The van der Waals surface area contributed by atoms with E-state index in [1.54, 1.807) is 19.2 Å². The zero-order valence-electron chi connectivity index (χ0n) is 12.6. The number of carbonyl (C=O) groups excluding carboxylic acids is 1. The van der Waals surface area contributed by atoms with Crippen LogP contribution < -0.4 is 5.32 Å². The van der Waals surface area contributed by atoms with Gasteiger partial charge in [0.15, 0.2) is 0 Å². The smallest absolute Gasteiger partial charge is 0.273 e. The Labute approximate surface area is 128 Å². The number of benzene rings is 1. The lowest BCUT2D eigenvalue weighted by Gasteiger charge is -2.08. The first-order valence-corrected chi connectivity index (χ1v) is 7.00. The van der Waals surface area contributed by atoms with Crippen LogP contribution in [0.5, 0.6) is 0 Å². The fourth-order valence-corrected chi connectivity index (χ4v) is 2.19. The molecule has 0 aliphatic rings. The molecule has 7 nitrogen and oxygen atoms in total. The van der Waals surface area contributed by atoms with Crippen LogP contribution in [0.25, 0.3) is 0 Å². The van der Waals surface area contributed by atoms with Crippen LogP contribution in [0.2, 0.25) is 0 Å². The van der Waals surface area contributed by atoms with E-state index in [-0.39, 0.29) is 11.6 Å². The molecule has 0 unspecified atom stereocenters. The average molecular weight is 302 g/mol. The summed E-state index contributed by atoms with van der Waals surface area (Å²) < 4.78 is 1.82. The second-order valence-corrected chi connectivity index (χ2v) is 5.10. The van der Waals surface area contributed by atoms with Gasteiger partial charge in [0.05, 0.1) is 11.1 Å². The second-order valence-electron chi connectivity index (χ2n) is 5.10. The molecule has 2 rings (SSSR count). The number of hydrogen-bond donors (Lipinski definition) is 1. The largest absolute Gasteiger partial charge is 0.352 e. The standard InChI is InChI=1S/C15H18N4O3/c1-11-9-17-18(10-11)8-4-7-16-15(20)13-5-3-6-14(12(13)2)19(21)22/h3,5-6,9-10H,4,7-8H2,1-2H3,(H,16,20). The van der Waals surface area contributed by atoms with Crippen LogP contribution in [-0.2, 0) is 6.54 Å². The second kappa shape index (κ2) is 6.84. The summed E-state index contributed by atoms with van der Waals surface area (Å²) in [5.74, 6) is -0.294. The molecule has 1 amide bonds. The van der Waals surface area contributed by atoms with Crippen LogP contribution in [0.15, 0.2) is 30.6 Å². The lowest BCUT2D eigenvalue weighted by atomic mass is 10.1. The molecule has 22 heavy (non-hydrogen) atoms. The summed E-state index contributed by atoms with van der Waals surface area (Å²) in [6.07, 6.45) is 4.46. The molecule has 0 radical (unpaired) electrons. The van der Waals surface area contributed by atoms with Crippen LogP contribution in [-0.4, -0.2) is 27.2 Å². The minimum absolute atomic E-state index is 0.0420. The molecule has 1 N–H and O–H groups in total. The quantitative estimate of drug-likeness (QED) is 0.503. The van der Waals surface area contributed by atoms with E-state index in [9.17, 15) is 14.9 Å². The third kappa shape index (κ3) is 3.69. The first-order valence-electron chi connectivity index (χ1n) is 7.00. The summed E-state index contributed by atoms with van der Waals surface area (Å²) in [6, 6.07) is 4.51. The van der Waals surface area contributed by atoms with Crippen molar-refractivity contribution in [2.45, 2.75) is 26.8 Å². The third-order valence-electron chi connectivity index (χ3n) is 3.36. The molecule has 0 spiro atoms. The van der Waals surface area contributed by atoms with Crippen LogP contribution in [0.1, 0.15) is 27.9 Å². The molecule has 0 aliphatic carbocycles. The van der Waals surface area contributed by atoms with Crippen molar-refractivity contribution >= 4 is 11.6 Å². The number of nitro groups is 1. The van der Waals surface area contributed by atoms with E-state index >= 15 is 0 Å². The van der Waals surface area contributed by atoms with Gasteiger partial charge in [-0.2, -0.15) is 5.10 Å². The van der Waals surface area contributed by atoms with E-state index < -0.39 is 4.92 Å². The van der Waals surface area contributed by atoms with Gasteiger partial charge >= 0.3 is 0 Å². The molecule has 0 saturated carbocycles. The first kappa shape index (κ1) is 15.7. The van der Waals surface area contributed by atoms with Gasteiger partial charge in [-0.3, -0.25) is 19.6 Å². The molecule has 1 aromatic heterocycles. The normalized spacial score (nSPS) is 10.5. The maximum Gasteiger partial charge on any atom is 0.273 e. The monoisotopic (exact) mass is 302 g/mol. The van der Waals surface area contributed by atoms with Gasteiger partial charge in [-0.1, -0.05) is 6.07 Å². The molecular weight excluding hydrogens is 284 g/mol. The van der Waals surface area contributed by atoms with Gasteiger partial charge in [-0.05, 0) is 31.9 Å². The van der Waals surface area contributed by atoms with Crippen LogP contribution in [0, 0.1) is 24.0 Å². The van der Waals surface area contributed by atoms with E-state index in [2.05, 4.69) is 10.4 Å². The van der Waals surface area contributed by atoms with Crippen molar-refractivity contribution in [3.63, 3.8) is 0 Å². The number of nitrogens with zero attached hydrogens (tertiary/aromatic N) is 3. The Hall–Kier alpha value is -2.70. The Kier molecular flexibility index (Phi) is 4.88. The molecule has 0 saturated heterocycles. The fourth-order valence-electron chi connectivity index (χ4n) is 2.19. The van der Waals surface area contributed by atoms with Crippen LogP contribution in [0.4, 0.5) is 5.69 Å². The zero-order chi connectivity index (χ0) is 16.1. The molecule has 7 heteroatoms. The lowest BCUT2D eigenvalue weighted by Crippen LogP contribution is -2.26. The zero-order valence-corrected chi connectivity index (χ0v) is 12.6. The van der Waals surface area contributed by atoms with Gasteiger partial charge in [-0.15, -0.1) is 0 Å². The van der Waals surface area contributed by atoms with Gasteiger partial charge in [0, 0.05) is 36.5 Å². The van der Waals surface area contributed by atoms with Crippen molar-refractivity contribution in [2.75, 3.05) is 6.54 Å². The van der Waals surface area contributed by atoms with E-state index in [0.29, 0.717) is 24.2 Å². The number of aromatic nitrogens is 2. The van der Waals surface area contributed by atoms with Gasteiger partial charge in [0.2, 0.25) is 0 Å². The van der Waals surface area contributed by atoms with E-state index in [1.807, 2.05) is 17.8 Å². The van der Waals surface area contributed by atoms with Gasteiger partial charge in [-0.25, -0.2) is 0 Å². The molecule has 0 atom stereocenters. The van der Waals surface area contributed by atoms with Crippen molar-refractivity contribution in [2.24, 2.45) is 0 Å². The van der Waals surface area contributed by atoms with Crippen molar-refractivity contribution in [1.29, 1.82) is 0 Å². The summed E-state index contributed by atoms with van der Waals surface area (Å²) >= 11 is 0. The number of rotatable bonds is 6. The summed E-state index contributed by atoms with van der Waals surface area (Å²) in [5.41, 5.74) is 1.77. The molecule has 1 aromatic carbocycles. The maximum absolute atomic E-state index is 12.1. The predicted molar refractivity (Wildman–Crippen MR) is 81.7 cm³/mol. The van der Waals surface area contributed by atoms with Crippen LogP contribution >= 0.6 is 0 Å². The lowest BCUT2D eigenvalue weighted by molar-refractivity contribution is -0.385. The Bertz CT molecular complexity index is 694. The Morgan fingerprint density at radius 3 is 2.82 bits per heavy atom. The third-order valence-corrected chi connectivity index (χ3v) is 3.36. The van der Waals surface area contributed by atoms with Crippen molar-refractivity contribution in [3.8, 4) is 0 Å². The van der Waals surface area contributed by atoms with Crippen LogP contribution in [0.3, 0.4) is 0 Å². The van der Waals surface area contributed by atoms with Crippen molar-refractivity contribution in [1.82, 2.24) is 15.1 Å². The van der Waals surface area contributed by atoms with Crippen molar-refractivity contribution < 1.29 is 9.72 Å². The number of nitro benzene ring substituents is 1. The number of carbonyl (C=O) groups is 1. The highest BCUT2D eigenvalue weighted by Crippen LogP contribution is 2.20. The highest BCUT2D eigenvalue weighted by molar-refractivity contribution is 5.96. The first-order chi connectivity index (χ1) is 10.5. The Morgan fingerprint density at radius 1 is 1.41 bits per heavy atom. The molecule has 1 heterocycles. The van der Waals surface area contributed by atoms with E-state index in [4.69, 9.17) is 0 Å². The van der Waals surface area contributed by atoms with Gasteiger partial charge < -0.3 is 5.32 Å². The molecule has 0 bridgehead atoms. The average Bonchev–Trinajstić information content (AvgIpc) is 2.89. The molecular formula is C15H18N4O3. The number of aryl methyl sites for hydroxylation is 2. The molecule has 2 aromatic rings. The Balaban J connectivity index is 1.90. The van der Waals surface area contributed by atoms with E-state index in [1.165, 1.54) is 12.1 Å². The summed E-state index contributed by atoms with van der Waals surface area (Å²) in [6.45, 7) is 4.75. The fraction of sp³-hybridized carbons (Fsp3) is 0.333. The minimum Gasteiger partial charge on any atom is -0.352 e. The minimum atomic E-state index is -0.480. The molecule has 116 valence electrons. The Morgan fingerprint density at radius 2 is 2.18 bits per heavy atom. The number of nitrogens with one attached hydrogen (secondary N) is 1. The highest BCUT2D eigenvalue weighted by atomic mass is 16.6.